The van der Waals surface area contributed by atoms with Gasteiger partial charge in [0.15, 0.2) is 0 Å². The van der Waals surface area contributed by atoms with Crippen molar-refractivity contribution in [3.8, 4) is 0 Å². The molecular weight excluding hydrogens is 238 g/mol. The summed E-state index contributed by atoms with van der Waals surface area (Å²) in [7, 11) is 0. The SMILES string of the molecule is CCCC1(O)CN(Cc2nc(C)cc(Cl)n2)C1. The zero-order valence-corrected chi connectivity index (χ0v) is 11.0. The molecule has 0 atom stereocenters. The van der Waals surface area contributed by atoms with E-state index in [-0.39, 0.29) is 0 Å². The number of likely N-dealkylation sites (tertiary alicyclic amines) is 1. The van der Waals surface area contributed by atoms with Gasteiger partial charge in [0, 0.05) is 18.8 Å². The fraction of sp³-hybridized carbons (Fsp3) is 0.667. The van der Waals surface area contributed by atoms with Gasteiger partial charge in [-0.2, -0.15) is 0 Å². The van der Waals surface area contributed by atoms with Gasteiger partial charge in [0.2, 0.25) is 0 Å². The van der Waals surface area contributed by atoms with Gasteiger partial charge in [-0.1, -0.05) is 24.9 Å². The van der Waals surface area contributed by atoms with E-state index in [9.17, 15) is 5.11 Å². The van der Waals surface area contributed by atoms with Gasteiger partial charge in [-0.05, 0) is 19.4 Å². The first-order valence-electron chi connectivity index (χ1n) is 5.95. The van der Waals surface area contributed by atoms with E-state index in [4.69, 9.17) is 11.6 Å². The first kappa shape index (κ1) is 12.7. The normalized spacial score (nSPS) is 19.1. The number of hydrogen-bond donors (Lipinski definition) is 1. The molecule has 0 amide bonds. The Hall–Kier alpha value is -0.710. The maximum atomic E-state index is 10.1. The first-order valence-corrected chi connectivity index (χ1v) is 6.33. The smallest absolute Gasteiger partial charge is 0.144 e. The molecule has 1 fully saturated rings. The molecule has 0 radical (unpaired) electrons. The highest BCUT2D eigenvalue weighted by molar-refractivity contribution is 6.29. The predicted octanol–water partition coefficient (Wildman–Crippen LogP) is 1.79. The van der Waals surface area contributed by atoms with E-state index in [1.807, 2.05) is 6.92 Å². The lowest BCUT2D eigenvalue weighted by Gasteiger charge is -2.46. The topological polar surface area (TPSA) is 49.2 Å². The second-order valence-corrected chi connectivity index (χ2v) is 5.26. The molecule has 1 aliphatic heterocycles. The quantitative estimate of drug-likeness (QED) is 0.834. The average Bonchev–Trinajstić information content (AvgIpc) is 2.13. The van der Waals surface area contributed by atoms with Gasteiger partial charge in [-0.25, -0.2) is 9.97 Å². The Balaban J connectivity index is 1.91. The molecule has 0 bridgehead atoms. The number of aliphatic hydroxyl groups is 1. The Morgan fingerprint density at radius 3 is 2.76 bits per heavy atom. The van der Waals surface area contributed by atoms with Crippen molar-refractivity contribution in [3.63, 3.8) is 0 Å². The largest absolute Gasteiger partial charge is 0.387 e. The summed E-state index contributed by atoms with van der Waals surface area (Å²) < 4.78 is 0. The van der Waals surface area contributed by atoms with E-state index in [0.29, 0.717) is 24.8 Å². The van der Waals surface area contributed by atoms with Gasteiger partial charge in [0.25, 0.3) is 0 Å². The molecule has 0 spiro atoms. The van der Waals surface area contributed by atoms with E-state index in [2.05, 4.69) is 21.8 Å². The number of aromatic nitrogens is 2. The second-order valence-electron chi connectivity index (χ2n) is 4.87. The van der Waals surface area contributed by atoms with Gasteiger partial charge in [-0.3, -0.25) is 4.90 Å². The molecule has 1 N–H and O–H groups in total. The molecule has 1 aromatic rings. The zero-order chi connectivity index (χ0) is 12.5. The standard InChI is InChI=1S/C12H18ClN3O/c1-3-4-12(17)7-16(8-12)6-11-14-9(2)5-10(13)15-11/h5,17H,3-4,6-8H2,1-2H3. The molecule has 2 heterocycles. The van der Waals surface area contributed by atoms with Crippen LogP contribution < -0.4 is 0 Å². The number of rotatable bonds is 4. The van der Waals surface area contributed by atoms with Crippen LogP contribution in [0.5, 0.6) is 0 Å². The number of aryl methyl sites for hydroxylation is 1. The number of hydrogen-bond acceptors (Lipinski definition) is 4. The summed E-state index contributed by atoms with van der Waals surface area (Å²) in [6.45, 7) is 6.06. The molecule has 1 aromatic heterocycles. The van der Waals surface area contributed by atoms with Crippen molar-refractivity contribution in [2.45, 2.75) is 38.8 Å². The van der Waals surface area contributed by atoms with Crippen LogP contribution in [0.1, 0.15) is 31.3 Å². The lowest BCUT2D eigenvalue weighted by molar-refractivity contribution is -0.107. The van der Waals surface area contributed by atoms with Crippen molar-refractivity contribution in [3.05, 3.63) is 22.7 Å². The number of β-amino-alcohol motifs (C(OH)–C–C–N with tert-alkyl or cyclic N) is 1. The number of halogens is 1. The van der Waals surface area contributed by atoms with E-state index < -0.39 is 5.60 Å². The summed E-state index contributed by atoms with van der Waals surface area (Å²) in [4.78, 5) is 10.7. The van der Waals surface area contributed by atoms with Crippen LogP contribution >= 0.6 is 11.6 Å². The maximum Gasteiger partial charge on any atom is 0.144 e. The minimum atomic E-state index is -0.498. The highest BCUT2D eigenvalue weighted by atomic mass is 35.5. The van der Waals surface area contributed by atoms with E-state index in [1.165, 1.54) is 0 Å². The van der Waals surface area contributed by atoms with Gasteiger partial charge in [0.1, 0.15) is 11.0 Å². The van der Waals surface area contributed by atoms with Crippen LogP contribution in [0, 0.1) is 6.92 Å². The minimum Gasteiger partial charge on any atom is -0.387 e. The van der Waals surface area contributed by atoms with Crippen LogP contribution in [0.15, 0.2) is 6.07 Å². The Bertz CT molecular complexity index is 384. The molecule has 94 valence electrons. The van der Waals surface area contributed by atoms with Crippen molar-refractivity contribution >= 4 is 11.6 Å². The van der Waals surface area contributed by atoms with Crippen LogP contribution in [0.2, 0.25) is 5.15 Å². The van der Waals surface area contributed by atoms with Gasteiger partial charge >= 0.3 is 0 Å². The summed E-state index contributed by atoms with van der Waals surface area (Å²) in [6.07, 6.45) is 1.87. The molecule has 0 unspecified atom stereocenters. The van der Waals surface area contributed by atoms with Gasteiger partial charge < -0.3 is 5.11 Å². The Morgan fingerprint density at radius 1 is 1.47 bits per heavy atom. The van der Waals surface area contributed by atoms with Crippen LogP contribution in [0.3, 0.4) is 0 Å². The lowest BCUT2D eigenvalue weighted by atomic mass is 9.89. The summed E-state index contributed by atoms with van der Waals surface area (Å²) >= 11 is 5.88. The van der Waals surface area contributed by atoms with E-state index in [0.717, 1.165) is 24.4 Å². The summed E-state index contributed by atoms with van der Waals surface area (Å²) in [6, 6.07) is 1.74. The van der Waals surface area contributed by atoms with Crippen molar-refractivity contribution in [2.75, 3.05) is 13.1 Å². The maximum absolute atomic E-state index is 10.1. The van der Waals surface area contributed by atoms with Crippen molar-refractivity contribution < 1.29 is 5.11 Å². The molecular formula is C12H18ClN3O. The fourth-order valence-corrected chi connectivity index (χ4v) is 2.64. The average molecular weight is 256 g/mol. The van der Waals surface area contributed by atoms with Crippen molar-refractivity contribution in [1.82, 2.24) is 14.9 Å². The van der Waals surface area contributed by atoms with Crippen LogP contribution in [0.4, 0.5) is 0 Å². The summed E-state index contributed by atoms with van der Waals surface area (Å²) in [5, 5.41) is 10.5. The third-order valence-electron chi connectivity index (χ3n) is 2.99. The third kappa shape index (κ3) is 3.15. The van der Waals surface area contributed by atoms with E-state index >= 15 is 0 Å². The molecule has 1 aliphatic rings. The first-order chi connectivity index (χ1) is 8.00. The van der Waals surface area contributed by atoms with Crippen molar-refractivity contribution in [1.29, 1.82) is 0 Å². The molecule has 0 aromatic carbocycles. The summed E-state index contributed by atoms with van der Waals surface area (Å²) in [5.74, 6) is 0.730. The molecule has 2 rings (SSSR count). The van der Waals surface area contributed by atoms with Crippen LogP contribution in [-0.2, 0) is 6.54 Å². The zero-order valence-electron chi connectivity index (χ0n) is 10.3. The fourth-order valence-electron chi connectivity index (χ4n) is 2.38. The van der Waals surface area contributed by atoms with Crippen LogP contribution in [0.25, 0.3) is 0 Å². The highest BCUT2D eigenvalue weighted by Gasteiger charge is 2.40. The Kier molecular flexibility index (Phi) is 3.66. The Morgan fingerprint density at radius 2 is 2.18 bits per heavy atom. The Labute approximate surface area is 107 Å². The minimum absolute atomic E-state index is 0.483. The van der Waals surface area contributed by atoms with Gasteiger partial charge in [0.05, 0.1) is 12.1 Å². The lowest BCUT2D eigenvalue weighted by Crippen LogP contribution is -2.61. The molecule has 17 heavy (non-hydrogen) atoms. The van der Waals surface area contributed by atoms with Crippen molar-refractivity contribution in [2.24, 2.45) is 0 Å². The molecule has 1 saturated heterocycles. The third-order valence-corrected chi connectivity index (χ3v) is 3.18. The number of nitrogens with zero attached hydrogens (tertiary/aromatic N) is 3. The monoisotopic (exact) mass is 255 g/mol. The van der Waals surface area contributed by atoms with E-state index in [1.54, 1.807) is 6.07 Å². The molecule has 4 nitrogen and oxygen atoms in total. The molecule has 5 heteroatoms. The van der Waals surface area contributed by atoms with Crippen LogP contribution in [-0.4, -0.2) is 38.7 Å². The second kappa shape index (κ2) is 4.88. The molecule has 0 aliphatic carbocycles. The summed E-state index contributed by atoms with van der Waals surface area (Å²) in [5.41, 5.74) is 0.381. The highest BCUT2D eigenvalue weighted by Crippen LogP contribution is 2.26. The predicted molar refractivity (Wildman–Crippen MR) is 66.9 cm³/mol. The van der Waals surface area contributed by atoms with Gasteiger partial charge in [-0.15, -0.1) is 0 Å². The molecule has 0 saturated carbocycles.